The van der Waals surface area contributed by atoms with Crippen LogP contribution in [0.25, 0.3) is 33.4 Å². The molecule has 0 aliphatic heterocycles. The van der Waals surface area contributed by atoms with E-state index in [0.717, 1.165) is 0 Å². The Bertz CT molecular complexity index is 970. The summed E-state index contributed by atoms with van der Waals surface area (Å²) in [5.41, 5.74) is 10.2. The van der Waals surface area contributed by atoms with Crippen LogP contribution in [0.1, 0.15) is 11.1 Å². The predicted molar refractivity (Wildman–Crippen MR) is 112 cm³/mol. The van der Waals surface area contributed by atoms with Crippen molar-refractivity contribution in [3.05, 3.63) is 108 Å². The Morgan fingerprint density at radius 2 is 0.923 bits per heavy atom. The smallest absolute Gasteiger partial charge is 0.0154 e. The van der Waals surface area contributed by atoms with Crippen molar-refractivity contribution in [3.8, 4) is 33.4 Å². The van der Waals surface area contributed by atoms with Crippen molar-refractivity contribution in [2.75, 3.05) is 0 Å². The summed E-state index contributed by atoms with van der Waals surface area (Å²) in [7, 11) is 0. The molecule has 0 unspecified atom stereocenters. The van der Waals surface area contributed by atoms with E-state index in [4.69, 9.17) is 0 Å². The largest absolute Gasteiger partial charge is 0.0622 e. The van der Waals surface area contributed by atoms with Crippen molar-refractivity contribution in [2.24, 2.45) is 0 Å². The lowest BCUT2D eigenvalue weighted by atomic mass is 9.91. The summed E-state index contributed by atoms with van der Waals surface area (Å²) in [5, 5.41) is 0. The monoisotopic (exact) mass is 334 g/mol. The van der Waals surface area contributed by atoms with Gasteiger partial charge in [-0.15, -0.1) is 0 Å². The molecule has 0 aliphatic rings. The zero-order chi connectivity index (χ0) is 17.9. The van der Waals surface area contributed by atoms with E-state index in [0.29, 0.717) is 0 Å². The Balaban J connectivity index is 1.94. The molecule has 0 N–H and O–H groups in total. The molecule has 4 rings (SSSR count). The number of rotatable bonds is 3. The molecule has 4 aromatic carbocycles. The lowest BCUT2D eigenvalue weighted by Crippen LogP contribution is -1.89. The molecule has 0 heteroatoms. The SMILES string of the molecule is Cc1ccc(-c2cc(-c3ccccc3)cc(-c3ccccc3)c2)c(C)c1. The minimum Gasteiger partial charge on any atom is -0.0622 e. The van der Waals surface area contributed by atoms with Crippen LogP contribution in [0.5, 0.6) is 0 Å². The Morgan fingerprint density at radius 3 is 1.42 bits per heavy atom. The van der Waals surface area contributed by atoms with Gasteiger partial charge in [-0.3, -0.25) is 0 Å². The number of aryl methyl sites for hydroxylation is 2. The molecule has 4 aromatic rings. The van der Waals surface area contributed by atoms with E-state index >= 15 is 0 Å². The molecule has 0 amide bonds. The van der Waals surface area contributed by atoms with Crippen LogP contribution in [0.3, 0.4) is 0 Å². The van der Waals surface area contributed by atoms with Crippen molar-refractivity contribution in [2.45, 2.75) is 13.8 Å². The zero-order valence-electron chi connectivity index (χ0n) is 15.2. The van der Waals surface area contributed by atoms with Gasteiger partial charge in [0.2, 0.25) is 0 Å². The third kappa shape index (κ3) is 3.32. The topological polar surface area (TPSA) is 0 Å². The van der Waals surface area contributed by atoms with E-state index in [1.54, 1.807) is 0 Å². The van der Waals surface area contributed by atoms with Crippen LogP contribution in [0.4, 0.5) is 0 Å². The van der Waals surface area contributed by atoms with Crippen LogP contribution in [0, 0.1) is 13.8 Å². The minimum atomic E-state index is 1.25. The summed E-state index contributed by atoms with van der Waals surface area (Å²) in [4.78, 5) is 0. The van der Waals surface area contributed by atoms with E-state index in [1.807, 2.05) is 0 Å². The first kappa shape index (κ1) is 16.4. The van der Waals surface area contributed by atoms with Gasteiger partial charge in [0.1, 0.15) is 0 Å². The van der Waals surface area contributed by atoms with Crippen molar-refractivity contribution in [1.29, 1.82) is 0 Å². The third-order valence-corrected chi connectivity index (χ3v) is 4.84. The fraction of sp³-hybridized carbons (Fsp3) is 0.0769. The molecule has 0 fully saturated rings. The first-order chi connectivity index (χ1) is 12.7. The van der Waals surface area contributed by atoms with Gasteiger partial charge in [-0.1, -0.05) is 84.4 Å². The molecule has 0 radical (unpaired) electrons. The van der Waals surface area contributed by atoms with Crippen LogP contribution in [-0.2, 0) is 0 Å². The van der Waals surface area contributed by atoms with Gasteiger partial charge >= 0.3 is 0 Å². The van der Waals surface area contributed by atoms with Crippen LogP contribution >= 0.6 is 0 Å². The van der Waals surface area contributed by atoms with Crippen molar-refractivity contribution < 1.29 is 0 Å². The van der Waals surface area contributed by atoms with E-state index in [-0.39, 0.29) is 0 Å². The molecule has 126 valence electrons. The Labute approximate surface area is 155 Å². The zero-order valence-corrected chi connectivity index (χ0v) is 15.2. The third-order valence-electron chi connectivity index (χ3n) is 4.84. The van der Waals surface area contributed by atoms with Gasteiger partial charge in [-0.2, -0.15) is 0 Å². The van der Waals surface area contributed by atoms with E-state index in [2.05, 4.69) is 111 Å². The summed E-state index contributed by atoms with van der Waals surface area (Å²) < 4.78 is 0. The van der Waals surface area contributed by atoms with Gasteiger partial charge in [0.25, 0.3) is 0 Å². The summed E-state index contributed by atoms with van der Waals surface area (Å²) >= 11 is 0. The lowest BCUT2D eigenvalue weighted by molar-refractivity contribution is 1.38. The van der Waals surface area contributed by atoms with Gasteiger partial charge in [0.15, 0.2) is 0 Å². The fourth-order valence-corrected chi connectivity index (χ4v) is 3.52. The molecule has 0 nitrogen and oxygen atoms in total. The molecule has 0 bridgehead atoms. The number of benzene rings is 4. The highest BCUT2D eigenvalue weighted by molar-refractivity contribution is 5.82. The maximum absolute atomic E-state index is 2.30. The van der Waals surface area contributed by atoms with Gasteiger partial charge in [-0.05, 0) is 71.0 Å². The van der Waals surface area contributed by atoms with Gasteiger partial charge in [-0.25, -0.2) is 0 Å². The van der Waals surface area contributed by atoms with Crippen molar-refractivity contribution in [1.82, 2.24) is 0 Å². The molecular formula is C26H22. The quantitative estimate of drug-likeness (QED) is 0.368. The van der Waals surface area contributed by atoms with Crippen LogP contribution in [-0.4, -0.2) is 0 Å². The maximum atomic E-state index is 2.30. The Morgan fingerprint density at radius 1 is 0.423 bits per heavy atom. The van der Waals surface area contributed by atoms with Crippen LogP contribution in [0.15, 0.2) is 97.1 Å². The molecule has 0 spiro atoms. The first-order valence-electron chi connectivity index (χ1n) is 9.04. The highest BCUT2D eigenvalue weighted by atomic mass is 14.1. The number of hydrogen-bond acceptors (Lipinski definition) is 0. The average molecular weight is 334 g/mol. The van der Waals surface area contributed by atoms with Gasteiger partial charge < -0.3 is 0 Å². The molecule has 0 saturated carbocycles. The number of hydrogen-bond donors (Lipinski definition) is 0. The fourth-order valence-electron chi connectivity index (χ4n) is 3.52. The second-order valence-electron chi connectivity index (χ2n) is 6.85. The Hall–Kier alpha value is -3.12. The molecule has 26 heavy (non-hydrogen) atoms. The van der Waals surface area contributed by atoms with E-state index in [9.17, 15) is 0 Å². The van der Waals surface area contributed by atoms with Crippen molar-refractivity contribution in [3.63, 3.8) is 0 Å². The molecule has 0 aromatic heterocycles. The summed E-state index contributed by atoms with van der Waals surface area (Å²) in [6.07, 6.45) is 0. The van der Waals surface area contributed by atoms with E-state index < -0.39 is 0 Å². The summed E-state index contributed by atoms with van der Waals surface area (Å²) in [6.45, 7) is 4.34. The van der Waals surface area contributed by atoms with Gasteiger partial charge in [0, 0.05) is 0 Å². The average Bonchev–Trinajstić information content (AvgIpc) is 2.69. The van der Waals surface area contributed by atoms with E-state index in [1.165, 1.54) is 44.5 Å². The normalized spacial score (nSPS) is 10.7. The summed E-state index contributed by atoms with van der Waals surface area (Å²) in [5.74, 6) is 0. The standard InChI is InChI=1S/C26H22/c1-19-13-14-26(20(2)15-19)25-17-23(21-9-5-3-6-10-21)16-24(18-25)22-11-7-4-8-12-22/h3-18H,1-2H3. The first-order valence-corrected chi connectivity index (χ1v) is 9.04. The molecule has 0 atom stereocenters. The predicted octanol–water partition coefficient (Wildman–Crippen LogP) is 7.30. The van der Waals surface area contributed by atoms with Crippen LogP contribution in [0.2, 0.25) is 0 Å². The minimum absolute atomic E-state index is 1.25. The lowest BCUT2D eigenvalue weighted by Gasteiger charge is -2.13. The highest BCUT2D eigenvalue weighted by Gasteiger charge is 2.09. The van der Waals surface area contributed by atoms with Gasteiger partial charge in [0.05, 0.1) is 0 Å². The molecular weight excluding hydrogens is 312 g/mol. The highest BCUT2D eigenvalue weighted by Crippen LogP contribution is 2.34. The van der Waals surface area contributed by atoms with Crippen LogP contribution < -0.4 is 0 Å². The maximum Gasteiger partial charge on any atom is -0.0154 e. The second kappa shape index (κ2) is 7.01. The second-order valence-corrected chi connectivity index (χ2v) is 6.85. The molecule has 0 aliphatic carbocycles. The summed E-state index contributed by atoms with van der Waals surface area (Å²) in [6, 6.07) is 34.8. The Kier molecular flexibility index (Phi) is 4.41. The molecule has 0 heterocycles. The molecule has 0 saturated heterocycles. The van der Waals surface area contributed by atoms with Crippen molar-refractivity contribution >= 4 is 0 Å².